The summed E-state index contributed by atoms with van der Waals surface area (Å²) in [5.41, 5.74) is 1.96. The number of Topliss-reactive ketones (excluding diaryl/α,β-unsaturated/α-hetero) is 1. The van der Waals surface area contributed by atoms with E-state index in [4.69, 9.17) is 0 Å². The van der Waals surface area contributed by atoms with Crippen molar-refractivity contribution in [3.05, 3.63) is 54.4 Å². The Morgan fingerprint density at radius 1 is 1.15 bits per heavy atom. The number of carbonyl (C=O) groups is 1. The maximum absolute atomic E-state index is 12.2. The summed E-state index contributed by atoms with van der Waals surface area (Å²) in [5.74, 6) is 0.879. The van der Waals surface area contributed by atoms with Crippen LogP contribution in [0.3, 0.4) is 0 Å². The standard InChI is InChI=1S/C15H14N4O/c1-2-19-12-7-4-3-6-11(12)18-14(19)10-13(20)15-16-8-5-9-17-15/h3-9H,2,10H2,1H3. The van der Waals surface area contributed by atoms with Gasteiger partial charge in [-0.15, -0.1) is 0 Å². The number of hydrogen-bond donors (Lipinski definition) is 0. The average molecular weight is 266 g/mol. The van der Waals surface area contributed by atoms with Crippen LogP contribution in [0.5, 0.6) is 0 Å². The summed E-state index contributed by atoms with van der Waals surface area (Å²) in [7, 11) is 0. The zero-order valence-corrected chi connectivity index (χ0v) is 11.2. The molecule has 1 aromatic carbocycles. The summed E-state index contributed by atoms with van der Waals surface area (Å²) in [6.07, 6.45) is 3.36. The van der Waals surface area contributed by atoms with Crippen molar-refractivity contribution in [2.24, 2.45) is 0 Å². The zero-order chi connectivity index (χ0) is 13.9. The van der Waals surface area contributed by atoms with E-state index in [1.54, 1.807) is 18.5 Å². The van der Waals surface area contributed by atoms with Gasteiger partial charge in [0.15, 0.2) is 5.82 Å². The van der Waals surface area contributed by atoms with Crippen molar-refractivity contribution in [2.75, 3.05) is 0 Å². The van der Waals surface area contributed by atoms with E-state index in [1.807, 2.05) is 31.2 Å². The fraction of sp³-hybridized carbons (Fsp3) is 0.200. The highest BCUT2D eigenvalue weighted by Crippen LogP contribution is 2.16. The number of carbonyl (C=O) groups excluding carboxylic acids is 1. The van der Waals surface area contributed by atoms with Gasteiger partial charge in [0, 0.05) is 18.9 Å². The van der Waals surface area contributed by atoms with E-state index >= 15 is 0 Å². The van der Waals surface area contributed by atoms with Crippen LogP contribution in [0.2, 0.25) is 0 Å². The minimum Gasteiger partial charge on any atom is -0.328 e. The fourth-order valence-electron chi connectivity index (χ4n) is 2.28. The highest BCUT2D eigenvalue weighted by atomic mass is 16.1. The van der Waals surface area contributed by atoms with Crippen LogP contribution in [-0.2, 0) is 13.0 Å². The van der Waals surface area contributed by atoms with Gasteiger partial charge in [-0.2, -0.15) is 0 Å². The topological polar surface area (TPSA) is 60.7 Å². The third-order valence-electron chi connectivity index (χ3n) is 3.18. The van der Waals surface area contributed by atoms with Crippen molar-refractivity contribution < 1.29 is 4.79 Å². The lowest BCUT2D eigenvalue weighted by molar-refractivity contribution is 0.0980. The van der Waals surface area contributed by atoms with E-state index < -0.39 is 0 Å². The van der Waals surface area contributed by atoms with Crippen LogP contribution in [0.15, 0.2) is 42.7 Å². The van der Waals surface area contributed by atoms with Crippen LogP contribution >= 0.6 is 0 Å². The van der Waals surface area contributed by atoms with Gasteiger partial charge in [0.25, 0.3) is 0 Å². The summed E-state index contributed by atoms with van der Waals surface area (Å²) in [4.78, 5) is 24.7. The molecule has 20 heavy (non-hydrogen) atoms. The summed E-state index contributed by atoms with van der Waals surface area (Å²) < 4.78 is 2.05. The van der Waals surface area contributed by atoms with E-state index in [1.165, 1.54) is 0 Å². The lowest BCUT2D eigenvalue weighted by atomic mass is 10.2. The van der Waals surface area contributed by atoms with Crippen LogP contribution in [0.4, 0.5) is 0 Å². The molecular formula is C15H14N4O. The quantitative estimate of drug-likeness (QED) is 0.680. The van der Waals surface area contributed by atoms with E-state index in [2.05, 4.69) is 19.5 Å². The van der Waals surface area contributed by atoms with Gasteiger partial charge in [0.1, 0.15) is 5.82 Å². The van der Waals surface area contributed by atoms with E-state index in [9.17, 15) is 4.79 Å². The van der Waals surface area contributed by atoms with Crippen molar-refractivity contribution in [2.45, 2.75) is 19.9 Å². The number of aromatic nitrogens is 4. The summed E-state index contributed by atoms with van der Waals surface area (Å²) >= 11 is 0. The maximum Gasteiger partial charge on any atom is 0.207 e. The molecule has 2 aromatic heterocycles. The van der Waals surface area contributed by atoms with Gasteiger partial charge in [-0.3, -0.25) is 4.79 Å². The molecule has 0 bridgehead atoms. The zero-order valence-electron chi connectivity index (χ0n) is 11.2. The first-order chi connectivity index (χ1) is 9.79. The van der Waals surface area contributed by atoms with Crippen molar-refractivity contribution >= 4 is 16.8 Å². The van der Waals surface area contributed by atoms with Crippen LogP contribution in [0.25, 0.3) is 11.0 Å². The summed E-state index contributed by atoms with van der Waals surface area (Å²) in [6, 6.07) is 9.58. The van der Waals surface area contributed by atoms with Gasteiger partial charge in [-0.1, -0.05) is 12.1 Å². The number of hydrogen-bond acceptors (Lipinski definition) is 4. The largest absolute Gasteiger partial charge is 0.328 e. The number of benzene rings is 1. The Labute approximate surface area is 116 Å². The van der Waals surface area contributed by atoms with E-state index in [-0.39, 0.29) is 18.0 Å². The monoisotopic (exact) mass is 266 g/mol. The van der Waals surface area contributed by atoms with Gasteiger partial charge < -0.3 is 4.57 Å². The van der Waals surface area contributed by atoms with Gasteiger partial charge in [0.05, 0.1) is 17.5 Å². The summed E-state index contributed by atoms with van der Waals surface area (Å²) in [5, 5.41) is 0. The van der Waals surface area contributed by atoms with Crippen LogP contribution in [0, 0.1) is 0 Å². The number of rotatable bonds is 4. The second kappa shape index (κ2) is 5.21. The first-order valence-corrected chi connectivity index (χ1v) is 6.54. The molecule has 0 spiro atoms. The first kappa shape index (κ1) is 12.5. The van der Waals surface area contributed by atoms with Crippen molar-refractivity contribution in [3.8, 4) is 0 Å². The molecule has 5 heteroatoms. The predicted molar refractivity (Wildman–Crippen MR) is 75.5 cm³/mol. The normalized spacial score (nSPS) is 10.8. The number of imidazole rings is 1. The molecule has 3 rings (SSSR count). The number of fused-ring (bicyclic) bond motifs is 1. The fourth-order valence-corrected chi connectivity index (χ4v) is 2.28. The second-order valence-corrected chi connectivity index (χ2v) is 4.43. The molecule has 0 radical (unpaired) electrons. The predicted octanol–water partition coefficient (Wildman–Crippen LogP) is 2.27. The Kier molecular flexibility index (Phi) is 3.25. The number of para-hydroxylation sites is 2. The molecule has 0 fully saturated rings. The van der Waals surface area contributed by atoms with Gasteiger partial charge in [0.2, 0.25) is 5.78 Å². The Bertz CT molecular complexity index is 749. The molecule has 5 nitrogen and oxygen atoms in total. The van der Waals surface area contributed by atoms with Crippen LogP contribution < -0.4 is 0 Å². The molecule has 0 aliphatic heterocycles. The molecule has 100 valence electrons. The van der Waals surface area contributed by atoms with Crippen LogP contribution in [-0.4, -0.2) is 25.3 Å². The molecule has 0 saturated carbocycles. The Balaban J connectivity index is 1.97. The molecular weight excluding hydrogens is 252 g/mol. The third-order valence-corrected chi connectivity index (χ3v) is 3.18. The molecule has 3 aromatic rings. The Morgan fingerprint density at radius 3 is 2.65 bits per heavy atom. The first-order valence-electron chi connectivity index (χ1n) is 6.54. The van der Waals surface area contributed by atoms with E-state index in [0.717, 1.165) is 23.4 Å². The SMILES string of the molecule is CCn1c(CC(=O)c2ncccn2)nc2ccccc21. The minimum atomic E-state index is -0.115. The van der Waals surface area contributed by atoms with Crippen molar-refractivity contribution in [3.63, 3.8) is 0 Å². The lowest BCUT2D eigenvalue weighted by Crippen LogP contribution is -2.12. The minimum absolute atomic E-state index is 0.115. The lowest BCUT2D eigenvalue weighted by Gasteiger charge is -2.04. The molecule has 2 heterocycles. The van der Waals surface area contributed by atoms with Gasteiger partial charge in [-0.25, -0.2) is 15.0 Å². The Hall–Kier alpha value is -2.56. The third kappa shape index (κ3) is 2.18. The molecule has 0 amide bonds. The maximum atomic E-state index is 12.2. The number of ketones is 1. The Morgan fingerprint density at radius 2 is 1.90 bits per heavy atom. The smallest absolute Gasteiger partial charge is 0.207 e. The van der Waals surface area contributed by atoms with Crippen molar-refractivity contribution in [1.82, 2.24) is 19.5 Å². The van der Waals surface area contributed by atoms with Gasteiger partial charge >= 0.3 is 0 Å². The molecule has 0 saturated heterocycles. The summed E-state index contributed by atoms with van der Waals surface area (Å²) in [6.45, 7) is 2.82. The molecule has 0 aliphatic carbocycles. The highest BCUT2D eigenvalue weighted by molar-refractivity contribution is 5.94. The van der Waals surface area contributed by atoms with Crippen LogP contribution in [0.1, 0.15) is 23.4 Å². The second-order valence-electron chi connectivity index (χ2n) is 4.43. The highest BCUT2D eigenvalue weighted by Gasteiger charge is 2.15. The molecule has 0 unspecified atom stereocenters. The average Bonchev–Trinajstić information content (AvgIpc) is 2.85. The van der Waals surface area contributed by atoms with Crippen molar-refractivity contribution in [1.29, 1.82) is 0 Å². The van der Waals surface area contributed by atoms with E-state index in [0.29, 0.717) is 0 Å². The molecule has 0 aliphatic rings. The molecule has 0 atom stereocenters. The van der Waals surface area contributed by atoms with Gasteiger partial charge in [-0.05, 0) is 25.1 Å². The molecule has 0 N–H and O–H groups in total. The number of aryl methyl sites for hydroxylation is 1. The number of nitrogens with zero attached hydrogens (tertiary/aromatic N) is 4.